The smallest absolute Gasteiger partial charge is 0.0781 e. The van der Waals surface area contributed by atoms with Crippen LogP contribution in [0.15, 0.2) is 11.8 Å². The molecule has 0 unspecified atom stereocenters. The summed E-state index contributed by atoms with van der Waals surface area (Å²) >= 11 is 0. The van der Waals surface area contributed by atoms with E-state index >= 15 is 0 Å². The van der Waals surface area contributed by atoms with Gasteiger partial charge in [0.15, 0.2) is 0 Å². The lowest BCUT2D eigenvalue weighted by Gasteiger charge is -1.89. The van der Waals surface area contributed by atoms with E-state index < -0.39 is 0 Å². The van der Waals surface area contributed by atoms with Crippen LogP contribution in [0.4, 0.5) is 0 Å². The van der Waals surface area contributed by atoms with Crippen molar-refractivity contribution in [2.24, 2.45) is 0 Å². The first kappa shape index (κ1) is 6.50. The molecule has 0 aromatic carbocycles. The first-order valence-corrected chi connectivity index (χ1v) is 2.22. The van der Waals surface area contributed by atoms with Crippen LogP contribution < -0.4 is 0 Å². The summed E-state index contributed by atoms with van der Waals surface area (Å²) in [6, 6.07) is 0. The SMILES string of the molecule is C/C(=C\O)CCO. The molecule has 0 spiro atoms. The number of rotatable bonds is 2. The van der Waals surface area contributed by atoms with Crippen LogP contribution in [0.2, 0.25) is 0 Å². The maximum atomic E-state index is 8.22. The minimum atomic E-state index is 0.114. The van der Waals surface area contributed by atoms with Crippen molar-refractivity contribution in [3.8, 4) is 0 Å². The van der Waals surface area contributed by atoms with Crippen LogP contribution in [0.3, 0.4) is 0 Å². The van der Waals surface area contributed by atoms with Gasteiger partial charge in [0.25, 0.3) is 0 Å². The lowest BCUT2D eigenvalue weighted by atomic mass is 10.2. The van der Waals surface area contributed by atoms with Crippen molar-refractivity contribution in [3.63, 3.8) is 0 Å². The second kappa shape index (κ2) is 3.68. The summed E-state index contributed by atoms with van der Waals surface area (Å²) in [4.78, 5) is 0. The topological polar surface area (TPSA) is 40.5 Å². The fraction of sp³-hybridized carbons (Fsp3) is 0.600. The Hall–Kier alpha value is -0.500. The highest BCUT2D eigenvalue weighted by Crippen LogP contribution is 1.93. The van der Waals surface area contributed by atoms with Crippen molar-refractivity contribution in [2.75, 3.05) is 6.61 Å². The quantitative estimate of drug-likeness (QED) is 0.507. The minimum absolute atomic E-state index is 0.114. The van der Waals surface area contributed by atoms with Crippen LogP contribution >= 0.6 is 0 Å². The van der Waals surface area contributed by atoms with Gasteiger partial charge in [-0.2, -0.15) is 0 Å². The Morgan fingerprint density at radius 1 is 1.71 bits per heavy atom. The molecule has 0 saturated heterocycles. The van der Waals surface area contributed by atoms with E-state index in [-0.39, 0.29) is 6.61 Å². The highest BCUT2D eigenvalue weighted by molar-refractivity contribution is 4.90. The van der Waals surface area contributed by atoms with Gasteiger partial charge in [-0.05, 0) is 18.9 Å². The van der Waals surface area contributed by atoms with Crippen LogP contribution in [-0.4, -0.2) is 16.8 Å². The normalized spacial score (nSPS) is 12.0. The molecule has 0 heterocycles. The van der Waals surface area contributed by atoms with E-state index in [1.54, 1.807) is 6.92 Å². The third-order valence-corrected chi connectivity index (χ3v) is 0.727. The van der Waals surface area contributed by atoms with Gasteiger partial charge < -0.3 is 10.2 Å². The van der Waals surface area contributed by atoms with Crippen molar-refractivity contribution < 1.29 is 10.2 Å². The molecular weight excluding hydrogens is 92.1 g/mol. The Morgan fingerprint density at radius 3 is 2.43 bits per heavy atom. The van der Waals surface area contributed by atoms with Crippen molar-refractivity contribution in [1.29, 1.82) is 0 Å². The van der Waals surface area contributed by atoms with Crippen molar-refractivity contribution in [2.45, 2.75) is 13.3 Å². The predicted octanol–water partition coefficient (Wildman–Crippen LogP) is 0.831. The van der Waals surface area contributed by atoms with Crippen LogP contribution in [0.1, 0.15) is 13.3 Å². The number of hydrogen-bond acceptors (Lipinski definition) is 2. The molecule has 0 saturated carbocycles. The van der Waals surface area contributed by atoms with E-state index in [0.29, 0.717) is 6.42 Å². The maximum absolute atomic E-state index is 8.22. The molecule has 0 aliphatic heterocycles. The Kier molecular flexibility index (Phi) is 3.42. The standard InChI is InChI=1S/C5H10O2/c1-5(4-7)2-3-6/h4,6-7H,2-3H2,1H3/b5-4+. The Morgan fingerprint density at radius 2 is 2.29 bits per heavy atom. The molecule has 0 bridgehead atoms. The minimum Gasteiger partial charge on any atom is -0.516 e. The summed E-state index contributed by atoms with van der Waals surface area (Å²) in [5.41, 5.74) is 0.808. The van der Waals surface area contributed by atoms with Crippen LogP contribution in [0, 0.1) is 0 Å². The fourth-order valence-electron chi connectivity index (χ4n) is 0.241. The van der Waals surface area contributed by atoms with Gasteiger partial charge >= 0.3 is 0 Å². The Balaban J connectivity index is 3.17. The van der Waals surface area contributed by atoms with Crippen molar-refractivity contribution >= 4 is 0 Å². The number of aliphatic hydroxyl groups excluding tert-OH is 2. The third kappa shape index (κ3) is 3.33. The van der Waals surface area contributed by atoms with Gasteiger partial charge in [-0.25, -0.2) is 0 Å². The predicted molar refractivity (Wildman–Crippen MR) is 28.1 cm³/mol. The van der Waals surface area contributed by atoms with Gasteiger partial charge in [-0.1, -0.05) is 0 Å². The molecule has 0 amide bonds. The van der Waals surface area contributed by atoms with E-state index in [9.17, 15) is 0 Å². The highest BCUT2D eigenvalue weighted by atomic mass is 16.3. The lowest BCUT2D eigenvalue weighted by Crippen LogP contribution is -1.82. The molecule has 7 heavy (non-hydrogen) atoms. The first-order chi connectivity index (χ1) is 3.31. The van der Waals surface area contributed by atoms with Gasteiger partial charge in [0.1, 0.15) is 0 Å². The zero-order chi connectivity index (χ0) is 5.70. The zero-order valence-corrected chi connectivity index (χ0v) is 4.39. The van der Waals surface area contributed by atoms with E-state index in [0.717, 1.165) is 11.8 Å². The number of aliphatic hydroxyl groups is 2. The summed E-state index contributed by atoms with van der Waals surface area (Å²) in [5.74, 6) is 0. The molecule has 2 N–H and O–H groups in total. The molecule has 0 aromatic rings. The Bertz CT molecular complexity index is 66.5. The first-order valence-electron chi connectivity index (χ1n) is 2.22. The maximum Gasteiger partial charge on any atom is 0.0781 e. The molecule has 0 aliphatic carbocycles. The van der Waals surface area contributed by atoms with Gasteiger partial charge in [0.05, 0.1) is 6.26 Å². The summed E-state index contributed by atoms with van der Waals surface area (Å²) < 4.78 is 0. The van der Waals surface area contributed by atoms with Gasteiger partial charge in [-0.15, -0.1) is 0 Å². The lowest BCUT2D eigenvalue weighted by molar-refractivity contribution is 0.297. The van der Waals surface area contributed by atoms with E-state index in [1.165, 1.54) is 0 Å². The second-order valence-corrected chi connectivity index (χ2v) is 1.45. The van der Waals surface area contributed by atoms with E-state index in [2.05, 4.69) is 0 Å². The van der Waals surface area contributed by atoms with Gasteiger partial charge in [0, 0.05) is 6.61 Å². The zero-order valence-electron chi connectivity index (χ0n) is 4.39. The Labute approximate surface area is 43.1 Å². The molecular formula is C5H10O2. The molecule has 0 aliphatic rings. The van der Waals surface area contributed by atoms with Gasteiger partial charge in [0.2, 0.25) is 0 Å². The molecule has 0 radical (unpaired) electrons. The van der Waals surface area contributed by atoms with Crippen LogP contribution in [0.5, 0.6) is 0 Å². The monoisotopic (exact) mass is 102 g/mol. The van der Waals surface area contributed by atoms with Crippen LogP contribution in [0.25, 0.3) is 0 Å². The van der Waals surface area contributed by atoms with Crippen LogP contribution in [-0.2, 0) is 0 Å². The second-order valence-electron chi connectivity index (χ2n) is 1.45. The molecule has 0 aromatic heterocycles. The summed E-state index contributed by atoms with van der Waals surface area (Å²) in [7, 11) is 0. The average molecular weight is 102 g/mol. The molecule has 2 heteroatoms. The average Bonchev–Trinajstić information content (AvgIpc) is 1.68. The largest absolute Gasteiger partial charge is 0.516 e. The molecule has 42 valence electrons. The van der Waals surface area contributed by atoms with E-state index in [4.69, 9.17) is 10.2 Å². The number of hydrogen-bond donors (Lipinski definition) is 2. The molecule has 2 nitrogen and oxygen atoms in total. The fourth-order valence-corrected chi connectivity index (χ4v) is 0.241. The molecule has 0 fully saturated rings. The summed E-state index contributed by atoms with van der Waals surface area (Å²) in [6.45, 7) is 1.87. The third-order valence-electron chi connectivity index (χ3n) is 0.727. The van der Waals surface area contributed by atoms with E-state index in [1.807, 2.05) is 0 Å². The summed E-state index contributed by atoms with van der Waals surface area (Å²) in [6.07, 6.45) is 1.58. The van der Waals surface area contributed by atoms with Crippen molar-refractivity contribution in [1.82, 2.24) is 0 Å². The summed E-state index contributed by atoms with van der Waals surface area (Å²) in [5, 5.41) is 16.4. The molecule has 0 atom stereocenters. The van der Waals surface area contributed by atoms with Gasteiger partial charge in [-0.3, -0.25) is 0 Å². The molecule has 0 rings (SSSR count). The highest BCUT2D eigenvalue weighted by Gasteiger charge is 1.82. The van der Waals surface area contributed by atoms with Crippen molar-refractivity contribution in [3.05, 3.63) is 11.8 Å².